The minimum atomic E-state index is -0.731. The van der Waals surface area contributed by atoms with Crippen molar-refractivity contribution in [3.8, 4) is 5.88 Å². The molecule has 0 aliphatic rings. The van der Waals surface area contributed by atoms with E-state index in [2.05, 4.69) is 10.1 Å². The highest BCUT2D eigenvalue weighted by molar-refractivity contribution is 6.02. The number of Topliss-reactive ketones (excluding diaryl/α,β-unsaturated/α-hetero) is 1. The largest absolute Gasteiger partial charge is 0.463 e. The molecule has 9 heteroatoms. The normalized spacial score (nSPS) is 10.5. The fourth-order valence-corrected chi connectivity index (χ4v) is 2.34. The summed E-state index contributed by atoms with van der Waals surface area (Å²) in [5, 5.41) is 3.57. The third-order valence-corrected chi connectivity index (χ3v) is 3.50. The maximum Gasteiger partial charge on any atom is 0.344 e. The van der Waals surface area contributed by atoms with Gasteiger partial charge in [-0.05, 0) is 38.4 Å². The summed E-state index contributed by atoms with van der Waals surface area (Å²) in [5.41, 5.74) is 1.48. The Labute approximate surface area is 149 Å². The number of aromatic amines is 1. The van der Waals surface area contributed by atoms with Gasteiger partial charge in [-0.2, -0.15) is 0 Å². The maximum atomic E-state index is 12.3. The molecule has 0 aromatic carbocycles. The van der Waals surface area contributed by atoms with Gasteiger partial charge in [-0.25, -0.2) is 9.59 Å². The maximum absolute atomic E-state index is 12.3. The molecule has 2 heterocycles. The Morgan fingerprint density at radius 3 is 2.50 bits per heavy atom. The van der Waals surface area contributed by atoms with Crippen LogP contribution in [0, 0.1) is 20.8 Å². The zero-order chi connectivity index (χ0) is 19.3. The lowest BCUT2D eigenvalue weighted by molar-refractivity contribution is -0.144. The summed E-state index contributed by atoms with van der Waals surface area (Å²) < 4.78 is 19.7. The molecule has 0 spiro atoms. The second-order valence-corrected chi connectivity index (χ2v) is 5.49. The summed E-state index contributed by atoms with van der Waals surface area (Å²) in [7, 11) is 0. The first-order chi connectivity index (χ1) is 12.3. The minimum Gasteiger partial charge on any atom is -0.463 e. The van der Waals surface area contributed by atoms with Crippen LogP contribution in [0.15, 0.2) is 10.6 Å². The Morgan fingerprint density at radius 2 is 1.88 bits per heavy atom. The van der Waals surface area contributed by atoms with Crippen LogP contribution in [0.3, 0.4) is 0 Å². The lowest BCUT2D eigenvalue weighted by Gasteiger charge is -2.05. The monoisotopic (exact) mass is 364 g/mol. The lowest BCUT2D eigenvalue weighted by Crippen LogP contribution is -2.20. The first kappa shape index (κ1) is 19.2. The number of carbonyl (C=O) groups is 3. The molecule has 0 bridgehead atoms. The van der Waals surface area contributed by atoms with Gasteiger partial charge >= 0.3 is 11.9 Å². The molecule has 140 valence electrons. The van der Waals surface area contributed by atoms with Gasteiger partial charge in [0.1, 0.15) is 5.76 Å². The van der Waals surface area contributed by atoms with Crippen LogP contribution in [0.4, 0.5) is 0 Å². The van der Waals surface area contributed by atoms with Crippen LogP contribution in [0.2, 0.25) is 0 Å². The summed E-state index contributed by atoms with van der Waals surface area (Å²) in [6.45, 7) is 6.01. The van der Waals surface area contributed by atoms with Crippen molar-refractivity contribution in [3.05, 3.63) is 34.3 Å². The summed E-state index contributed by atoms with van der Waals surface area (Å²) >= 11 is 0. The molecule has 0 atom stereocenters. The molecule has 0 aliphatic heterocycles. The van der Waals surface area contributed by atoms with Gasteiger partial charge in [0, 0.05) is 11.8 Å². The molecule has 0 amide bonds. The number of nitrogens with zero attached hydrogens (tertiary/aromatic N) is 1. The average Bonchev–Trinajstić information content (AvgIpc) is 3.13. The number of hydrogen-bond acceptors (Lipinski definition) is 8. The van der Waals surface area contributed by atoms with Gasteiger partial charge in [-0.3, -0.25) is 4.79 Å². The summed E-state index contributed by atoms with van der Waals surface area (Å²) in [5.74, 6) is -1.01. The molecule has 0 aliphatic carbocycles. The minimum absolute atomic E-state index is 0.153. The van der Waals surface area contributed by atoms with Gasteiger partial charge in [0.2, 0.25) is 5.78 Å². The van der Waals surface area contributed by atoms with Crippen LogP contribution in [-0.4, -0.2) is 47.7 Å². The smallest absolute Gasteiger partial charge is 0.344 e. The highest BCUT2D eigenvalue weighted by Crippen LogP contribution is 2.19. The number of rotatable bonds is 8. The van der Waals surface area contributed by atoms with Crippen LogP contribution >= 0.6 is 0 Å². The molecule has 2 rings (SSSR count). The standard InChI is InChI=1S/C17H20N2O7/c1-5-23-17(22)15-10(3)16(18-11(15)4)12(20)7-25-14(21)8-24-13-6-9(2)26-19-13/h6,18H,5,7-8H2,1-4H3. The number of carbonyl (C=O) groups excluding carboxylic acids is 3. The Kier molecular flexibility index (Phi) is 6.16. The Bertz CT molecular complexity index is 819. The van der Waals surface area contributed by atoms with E-state index in [1.54, 1.807) is 27.7 Å². The first-order valence-electron chi connectivity index (χ1n) is 7.94. The highest BCUT2D eigenvalue weighted by Gasteiger charge is 2.23. The molecule has 0 unspecified atom stereocenters. The van der Waals surface area contributed by atoms with Gasteiger partial charge in [0.05, 0.1) is 17.9 Å². The highest BCUT2D eigenvalue weighted by atomic mass is 16.6. The van der Waals surface area contributed by atoms with E-state index in [4.69, 9.17) is 18.7 Å². The quantitative estimate of drug-likeness (QED) is 0.557. The number of aromatic nitrogens is 2. The zero-order valence-corrected chi connectivity index (χ0v) is 15.0. The first-order valence-corrected chi connectivity index (χ1v) is 7.94. The fourth-order valence-electron chi connectivity index (χ4n) is 2.34. The molecule has 0 fully saturated rings. The average molecular weight is 364 g/mol. The van der Waals surface area contributed by atoms with E-state index in [0.717, 1.165) is 0 Å². The molecule has 0 radical (unpaired) electrons. The summed E-state index contributed by atoms with van der Waals surface area (Å²) in [4.78, 5) is 38.7. The van der Waals surface area contributed by atoms with Crippen molar-refractivity contribution < 1.29 is 33.1 Å². The van der Waals surface area contributed by atoms with Crippen molar-refractivity contribution in [2.45, 2.75) is 27.7 Å². The number of nitrogens with one attached hydrogen (secondary N) is 1. The molecular formula is C17H20N2O7. The fraction of sp³-hybridized carbons (Fsp3) is 0.412. The van der Waals surface area contributed by atoms with E-state index in [1.165, 1.54) is 6.07 Å². The van der Waals surface area contributed by atoms with Crippen molar-refractivity contribution in [1.82, 2.24) is 10.1 Å². The lowest BCUT2D eigenvalue weighted by atomic mass is 10.1. The van der Waals surface area contributed by atoms with Gasteiger partial charge in [0.25, 0.3) is 5.88 Å². The van der Waals surface area contributed by atoms with Crippen molar-refractivity contribution in [2.24, 2.45) is 0 Å². The number of aryl methyl sites for hydroxylation is 2. The van der Waals surface area contributed by atoms with Crippen LogP contribution in [0.1, 0.15) is 44.8 Å². The topological polar surface area (TPSA) is 121 Å². The number of ether oxygens (including phenoxy) is 3. The number of esters is 2. The summed E-state index contributed by atoms with van der Waals surface area (Å²) in [6.07, 6.45) is 0. The molecule has 9 nitrogen and oxygen atoms in total. The molecule has 0 saturated carbocycles. The zero-order valence-electron chi connectivity index (χ0n) is 15.0. The molecule has 2 aromatic rings. The second kappa shape index (κ2) is 8.32. The van der Waals surface area contributed by atoms with E-state index in [0.29, 0.717) is 22.6 Å². The number of ketones is 1. The number of H-pyrrole nitrogens is 1. The molecule has 2 aromatic heterocycles. The van der Waals surface area contributed by atoms with Crippen molar-refractivity contribution in [2.75, 3.05) is 19.8 Å². The second-order valence-electron chi connectivity index (χ2n) is 5.49. The van der Waals surface area contributed by atoms with Gasteiger partial charge < -0.3 is 23.7 Å². The predicted molar refractivity (Wildman–Crippen MR) is 88.2 cm³/mol. The van der Waals surface area contributed by atoms with Gasteiger partial charge in [-0.1, -0.05) is 0 Å². The predicted octanol–water partition coefficient (Wildman–Crippen LogP) is 1.91. The van der Waals surface area contributed by atoms with Crippen molar-refractivity contribution >= 4 is 17.7 Å². The van der Waals surface area contributed by atoms with E-state index < -0.39 is 30.9 Å². The molecule has 1 N–H and O–H groups in total. The Morgan fingerprint density at radius 1 is 1.15 bits per heavy atom. The SMILES string of the molecule is CCOC(=O)c1c(C)[nH]c(C(=O)COC(=O)COc2cc(C)on2)c1C. The van der Waals surface area contributed by atoms with E-state index in [1.807, 2.05) is 0 Å². The van der Waals surface area contributed by atoms with E-state index >= 15 is 0 Å². The van der Waals surface area contributed by atoms with Crippen LogP contribution in [-0.2, 0) is 14.3 Å². The van der Waals surface area contributed by atoms with E-state index in [9.17, 15) is 14.4 Å². The number of hydrogen-bond donors (Lipinski definition) is 1. The third-order valence-electron chi connectivity index (χ3n) is 3.50. The van der Waals surface area contributed by atoms with E-state index in [-0.39, 0.29) is 18.2 Å². The molecular weight excluding hydrogens is 344 g/mol. The third kappa shape index (κ3) is 4.50. The van der Waals surface area contributed by atoms with Gasteiger partial charge in [-0.15, -0.1) is 0 Å². The van der Waals surface area contributed by atoms with Gasteiger partial charge in [0.15, 0.2) is 13.2 Å². The van der Waals surface area contributed by atoms with Crippen LogP contribution in [0.5, 0.6) is 5.88 Å². The van der Waals surface area contributed by atoms with Crippen LogP contribution < -0.4 is 4.74 Å². The van der Waals surface area contributed by atoms with Crippen molar-refractivity contribution in [3.63, 3.8) is 0 Å². The molecule has 26 heavy (non-hydrogen) atoms. The van der Waals surface area contributed by atoms with Crippen LogP contribution in [0.25, 0.3) is 0 Å². The Hall–Kier alpha value is -3.10. The molecule has 0 saturated heterocycles. The van der Waals surface area contributed by atoms with Crippen molar-refractivity contribution in [1.29, 1.82) is 0 Å². The summed E-state index contributed by atoms with van der Waals surface area (Å²) in [6, 6.07) is 1.51. The Balaban J connectivity index is 1.92.